The van der Waals surface area contributed by atoms with E-state index in [2.05, 4.69) is 6.07 Å². The summed E-state index contributed by atoms with van der Waals surface area (Å²) in [5.74, 6) is -0.217. The van der Waals surface area contributed by atoms with Crippen LogP contribution < -0.4 is 0 Å². The lowest BCUT2D eigenvalue weighted by Crippen LogP contribution is -2.18. The Morgan fingerprint density at radius 2 is 2.14 bits per heavy atom. The number of rotatable bonds is 2. The summed E-state index contributed by atoms with van der Waals surface area (Å²) in [6.45, 7) is 5.55. The van der Waals surface area contributed by atoms with Crippen LogP contribution in [0.2, 0.25) is 0 Å². The first-order chi connectivity index (χ1) is 6.53. The van der Waals surface area contributed by atoms with E-state index in [1.807, 2.05) is 13.8 Å². The Hall–Kier alpha value is -1.36. The molecule has 0 saturated heterocycles. The molecule has 74 valence electrons. The first-order valence-electron chi connectivity index (χ1n) is 4.71. The SMILES string of the molecule is CCC(C)(C#N)c1ccc(F)c(C)c1. The van der Waals surface area contributed by atoms with Crippen molar-refractivity contribution >= 4 is 0 Å². The molecular formula is C12H14FN. The van der Waals surface area contributed by atoms with Crippen LogP contribution in [0.5, 0.6) is 0 Å². The van der Waals surface area contributed by atoms with Crippen molar-refractivity contribution in [3.8, 4) is 6.07 Å². The largest absolute Gasteiger partial charge is 0.207 e. The summed E-state index contributed by atoms with van der Waals surface area (Å²) in [6, 6.07) is 7.14. The highest BCUT2D eigenvalue weighted by molar-refractivity contribution is 5.34. The Bertz CT molecular complexity index is 378. The number of halogens is 1. The van der Waals surface area contributed by atoms with Crippen molar-refractivity contribution in [3.63, 3.8) is 0 Å². The molecule has 1 rings (SSSR count). The molecule has 1 nitrogen and oxygen atoms in total. The van der Waals surface area contributed by atoms with Gasteiger partial charge in [0.25, 0.3) is 0 Å². The second-order valence-electron chi connectivity index (χ2n) is 3.76. The molecule has 1 atom stereocenters. The Morgan fingerprint density at radius 1 is 1.50 bits per heavy atom. The van der Waals surface area contributed by atoms with Gasteiger partial charge >= 0.3 is 0 Å². The Morgan fingerprint density at radius 3 is 2.57 bits per heavy atom. The first kappa shape index (κ1) is 10.7. The molecule has 1 aromatic rings. The molecule has 0 spiro atoms. The summed E-state index contributed by atoms with van der Waals surface area (Å²) in [7, 11) is 0. The molecule has 0 saturated carbocycles. The number of hydrogen-bond donors (Lipinski definition) is 0. The normalized spacial score (nSPS) is 14.5. The van der Waals surface area contributed by atoms with Crippen molar-refractivity contribution in [2.75, 3.05) is 0 Å². The van der Waals surface area contributed by atoms with Crippen LogP contribution in [0.25, 0.3) is 0 Å². The standard InChI is InChI=1S/C12H14FN/c1-4-12(3,8-14)10-5-6-11(13)9(2)7-10/h5-7H,4H2,1-3H3. The molecule has 0 fully saturated rings. The molecule has 1 aromatic carbocycles. The average molecular weight is 191 g/mol. The number of hydrogen-bond acceptors (Lipinski definition) is 1. The van der Waals surface area contributed by atoms with Crippen LogP contribution >= 0.6 is 0 Å². The molecule has 0 aromatic heterocycles. The van der Waals surface area contributed by atoms with Gasteiger partial charge in [-0.05, 0) is 37.5 Å². The maximum atomic E-state index is 13.0. The predicted molar refractivity (Wildman–Crippen MR) is 54.4 cm³/mol. The van der Waals surface area contributed by atoms with Crippen molar-refractivity contribution in [2.45, 2.75) is 32.6 Å². The lowest BCUT2D eigenvalue weighted by atomic mass is 9.81. The minimum Gasteiger partial charge on any atom is -0.207 e. The first-order valence-corrected chi connectivity index (χ1v) is 4.71. The van der Waals surface area contributed by atoms with E-state index >= 15 is 0 Å². The van der Waals surface area contributed by atoms with Gasteiger partial charge in [-0.2, -0.15) is 5.26 Å². The van der Waals surface area contributed by atoms with Crippen LogP contribution in [-0.4, -0.2) is 0 Å². The fourth-order valence-electron chi connectivity index (χ4n) is 1.34. The minimum atomic E-state index is -0.502. The lowest BCUT2D eigenvalue weighted by molar-refractivity contribution is 0.578. The van der Waals surface area contributed by atoms with Gasteiger partial charge in [-0.15, -0.1) is 0 Å². The maximum absolute atomic E-state index is 13.0. The van der Waals surface area contributed by atoms with E-state index in [9.17, 15) is 4.39 Å². The number of nitrogens with zero attached hydrogens (tertiary/aromatic N) is 1. The maximum Gasteiger partial charge on any atom is 0.126 e. The van der Waals surface area contributed by atoms with Crippen LogP contribution in [0.3, 0.4) is 0 Å². The van der Waals surface area contributed by atoms with Crippen LogP contribution in [0, 0.1) is 24.1 Å². The highest BCUT2D eigenvalue weighted by Gasteiger charge is 2.24. The molecule has 0 aliphatic rings. The number of aryl methyl sites for hydroxylation is 1. The van der Waals surface area contributed by atoms with Gasteiger partial charge in [0.15, 0.2) is 0 Å². The van der Waals surface area contributed by atoms with Crippen LogP contribution in [0.4, 0.5) is 4.39 Å². The van der Waals surface area contributed by atoms with E-state index in [1.165, 1.54) is 6.07 Å². The van der Waals surface area contributed by atoms with E-state index in [-0.39, 0.29) is 5.82 Å². The third-order valence-corrected chi connectivity index (χ3v) is 2.75. The molecule has 0 N–H and O–H groups in total. The van der Waals surface area contributed by atoms with Crippen molar-refractivity contribution in [3.05, 3.63) is 35.1 Å². The second-order valence-corrected chi connectivity index (χ2v) is 3.76. The van der Waals surface area contributed by atoms with E-state index in [1.54, 1.807) is 19.1 Å². The molecule has 2 heteroatoms. The van der Waals surface area contributed by atoms with E-state index in [0.717, 1.165) is 12.0 Å². The van der Waals surface area contributed by atoms with Crippen LogP contribution in [0.1, 0.15) is 31.4 Å². The molecule has 0 radical (unpaired) electrons. The Balaban J connectivity index is 3.21. The summed E-state index contributed by atoms with van der Waals surface area (Å²) in [4.78, 5) is 0. The van der Waals surface area contributed by atoms with Gasteiger partial charge in [0.05, 0.1) is 11.5 Å². The molecule has 0 heterocycles. The fourth-order valence-corrected chi connectivity index (χ4v) is 1.34. The summed E-state index contributed by atoms with van der Waals surface area (Å²) < 4.78 is 13.0. The molecule has 1 unspecified atom stereocenters. The molecule has 0 amide bonds. The average Bonchev–Trinajstić information content (AvgIpc) is 2.21. The molecule has 0 aliphatic heterocycles. The fraction of sp³-hybridized carbons (Fsp3) is 0.417. The zero-order valence-electron chi connectivity index (χ0n) is 8.76. The zero-order valence-corrected chi connectivity index (χ0v) is 8.76. The third-order valence-electron chi connectivity index (χ3n) is 2.75. The number of benzene rings is 1. The van der Waals surface area contributed by atoms with Crippen molar-refractivity contribution in [1.29, 1.82) is 5.26 Å². The van der Waals surface area contributed by atoms with Gasteiger partial charge in [-0.1, -0.05) is 19.1 Å². The quantitative estimate of drug-likeness (QED) is 0.703. The van der Waals surface area contributed by atoms with Gasteiger partial charge in [0.1, 0.15) is 5.82 Å². The molecule has 0 bridgehead atoms. The van der Waals surface area contributed by atoms with Gasteiger partial charge in [-0.25, -0.2) is 4.39 Å². The van der Waals surface area contributed by atoms with Gasteiger partial charge in [0.2, 0.25) is 0 Å². The van der Waals surface area contributed by atoms with E-state index in [4.69, 9.17) is 5.26 Å². The lowest BCUT2D eigenvalue weighted by Gasteiger charge is -2.20. The number of nitriles is 1. The monoisotopic (exact) mass is 191 g/mol. The molecule has 14 heavy (non-hydrogen) atoms. The highest BCUT2D eigenvalue weighted by Crippen LogP contribution is 2.27. The van der Waals surface area contributed by atoms with Gasteiger partial charge in [0, 0.05) is 0 Å². The third kappa shape index (κ3) is 1.77. The predicted octanol–water partition coefficient (Wildman–Crippen LogP) is 3.33. The topological polar surface area (TPSA) is 23.8 Å². The van der Waals surface area contributed by atoms with E-state index in [0.29, 0.717) is 5.56 Å². The second kappa shape index (κ2) is 3.79. The van der Waals surface area contributed by atoms with E-state index < -0.39 is 5.41 Å². The molecular weight excluding hydrogens is 177 g/mol. The summed E-state index contributed by atoms with van der Waals surface area (Å²) >= 11 is 0. The van der Waals surface area contributed by atoms with Crippen molar-refractivity contribution in [2.24, 2.45) is 0 Å². The Labute approximate surface area is 84.2 Å². The summed E-state index contributed by atoms with van der Waals surface area (Å²) in [5, 5.41) is 9.06. The smallest absolute Gasteiger partial charge is 0.126 e. The van der Waals surface area contributed by atoms with Crippen LogP contribution in [-0.2, 0) is 5.41 Å². The van der Waals surface area contributed by atoms with Crippen molar-refractivity contribution in [1.82, 2.24) is 0 Å². The minimum absolute atomic E-state index is 0.217. The molecule has 0 aliphatic carbocycles. The Kier molecular flexibility index (Phi) is 2.90. The zero-order chi connectivity index (χ0) is 10.8. The van der Waals surface area contributed by atoms with Gasteiger partial charge < -0.3 is 0 Å². The van der Waals surface area contributed by atoms with Crippen molar-refractivity contribution < 1.29 is 4.39 Å². The highest BCUT2D eigenvalue weighted by atomic mass is 19.1. The van der Waals surface area contributed by atoms with Crippen LogP contribution in [0.15, 0.2) is 18.2 Å². The summed E-state index contributed by atoms with van der Waals surface area (Å²) in [5.41, 5.74) is 0.983. The van der Waals surface area contributed by atoms with Gasteiger partial charge in [-0.3, -0.25) is 0 Å². The summed E-state index contributed by atoms with van der Waals surface area (Å²) in [6.07, 6.45) is 0.731.